The number of hydrogen-bond donors (Lipinski definition) is 1. The smallest absolute Gasteiger partial charge is 0.267 e. The van der Waals surface area contributed by atoms with Crippen LogP contribution in [0.25, 0.3) is 16.7 Å². The van der Waals surface area contributed by atoms with Crippen LogP contribution in [0.4, 0.5) is 0 Å². The average Bonchev–Trinajstić information content (AvgIpc) is 3.11. The van der Waals surface area contributed by atoms with E-state index in [0.29, 0.717) is 21.4 Å². The molecule has 2 aromatic heterocycles. The molecular weight excluding hydrogens is 425 g/mol. The lowest BCUT2D eigenvalue weighted by molar-refractivity contribution is 0.101. The van der Waals surface area contributed by atoms with E-state index >= 15 is 0 Å². The number of carbonyl (C=O) groups is 1. The molecule has 0 saturated heterocycles. The van der Waals surface area contributed by atoms with E-state index in [1.807, 2.05) is 0 Å². The normalized spacial score (nSPS) is 11.0. The van der Waals surface area contributed by atoms with Crippen molar-refractivity contribution in [2.45, 2.75) is 0 Å². The van der Waals surface area contributed by atoms with Crippen LogP contribution in [0.15, 0.2) is 59.8 Å². The Morgan fingerprint density at radius 3 is 2.61 bits per heavy atom. The Balaban J connectivity index is 1.72. The molecule has 0 bridgehead atoms. The van der Waals surface area contributed by atoms with Gasteiger partial charge in [0, 0.05) is 10.0 Å². The molecule has 0 aliphatic rings. The zero-order chi connectivity index (χ0) is 19.8. The van der Waals surface area contributed by atoms with Crippen LogP contribution in [0.2, 0.25) is 15.1 Å². The van der Waals surface area contributed by atoms with E-state index in [9.17, 15) is 9.59 Å². The summed E-state index contributed by atoms with van der Waals surface area (Å²) in [4.78, 5) is 29.4. The molecule has 0 atom stereocenters. The second kappa shape index (κ2) is 7.27. The van der Waals surface area contributed by atoms with Crippen LogP contribution in [0.5, 0.6) is 0 Å². The Hall–Kier alpha value is -2.87. The summed E-state index contributed by atoms with van der Waals surface area (Å²) in [6, 6.07) is 11.4. The minimum Gasteiger partial charge on any atom is -0.267 e. The number of aromatic nitrogens is 4. The van der Waals surface area contributed by atoms with Gasteiger partial charge in [-0.1, -0.05) is 40.9 Å². The molecule has 2 aromatic carbocycles. The third-order valence-corrected chi connectivity index (χ3v) is 4.74. The molecule has 0 spiro atoms. The molecule has 0 unspecified atom stereocenters. The van der Waals surface area contributed by atoms with Gasteiger partial charge in [0.1, 0.15) is 11.7 Å². The number of hydrogen-bond acceptors (Lipinski definition) is 4. The molecule has 0 fully saturated rings. The molecule has 4 rings (SSSR count). The Morgan fingerprint density at radius 2 is 1.82 bits per heavy atom. The fourth-order valence-electron chi connectivity index (χ4n) is 2.63. The highest BCUT2D eigenvalue weighted by Crippen LogP contribution is 2.21. The van der Waals surface area contributed by atoms with E-state index in [1.165, 1.54) is 29.3 Å². The number of benzene rings is 2. The molecule has 7 nitrogen and oxygen atoms in total. The highest BCUT2D eigenvalue weighted by molar-refractivity contribution is 6.36. The van der Waals surface area contributed by atoms with Gasteiger partial charge in [0.15, 0.2) is 5.65 Å². The lowest BCUT2D eigenvalue weighted by atomic mass is 10.2. The Kier molecular flexibility index (Phi) is 4.80. The first-order valence-electron chi connectivity index (χ1n) is 7.92. The van der Waals surface area contributed by atoms with Gasteiger partial charge in [-0.2, -0.15) is 5.10 Å². The Morgan fingerprint density at radius 1 is 1.04 bits per heavy atom. The zero-order valence-electron chi connectivity index (χ0n) is 13.9. The largest absolute Gasteiger partial charge is 0.283 e. The van der Waals surface area contributed by atoms with E-state index in [0.717, 1.165) is 4.68 Å². The predicted molar refractivity (Wildman–Crippen MR) is 108 cm³/mol. The molecule has 0 radical (unpaired) electrons. The van der Waals surface area contributed by atoms with Crippen molar-refractivity contribution in [3.8, 4) is 5.69 Å². The summed E-state index contributed by atoms with van der Waals surface area (Å²) in [6.07, 6.45) is 2.57. The summed E-state index contributed by atoms with van der Waals surface area (Å²) in [6.45, 7) is 0. The van der Waals surface area contributed by atoms with Gasteiger partial charge in [0.25, 0.3) is 11.5 Å². The van der Waals surface area contributed by atoms with Crippen LogP contribution in [-0.2, 0) is 0 Å². The highest BCUT2D eigenvalue weighted by Gasteiger charge is 2.15. The summed E-state index contributed by atoms with van der Waals surface area (Å²) in [5.74, 6) is -0.599. The molecule has 0 aliphatic heterocycles. The van der Waals surface area contributed by atoms with Crippen molar-refractivity contribution < 1.29 is 4.79 Å². The third-order valence-electron chi connectivity index (χ3n) is 3.94. The molecule has 4 aromatic rings. The molecule has 0 saturated carbocycles. The molecule has 140 valence electrons. The predicted octanol–water partition coefficient (Wildman–Crippen LogP) is 3.93. The van der Waals surface area contributed by atoms with E-state index in [4.69, 9.17) is 34.8 Å². The fourth-order valence-corrected chi connectivity index (χ4v) is 3.19. The van der Waals surface area contributed by atoms with Crippen LogP contribution in [0.3, 0.4) is 0 Å². The first-order chi connectivity index (χ1) is 13.4. The Bertz CT molecular complexity index is 1280. The molecule has 1 amide bonds. The second-order valence-corrected chi connectivity index (χ2v) is 7.04. The quantitative estimate of drug-likeness (QED) is 0.530. The van der Waals surface area contributed by atoms with Crippen LogP contribution < -0.4 is 11.0 Å². The standard InChI is InChI=1S/C18H10Cl3N5O2/c19-10-2-1-3-12(6-10)26-16-14(8-23-26)18(28)25(9-22-16)24-17(27)13-7-11(20)4-5-15(13)21/h1-9H,(H,24,27). The van der Waals surface area contributed by atoms with Gasteiger partial charge in [-0.25, -0.2) is 14.3 Å². The summed E-state index contributed by atoms with van der Waals surface area (Å²) in [5.41, 5.74) is 3.07. The molecule has 28 heavy (non-hydrogen) atoms. The second-order valence-electron chi connectivity index (χ2n) is 5.76. The van der Waals surface area contributed by atoms with Crippen molar-refractivity contribution in [1.29, 1.82) is 0 Å². The van der Waals surface area contributed by atoms with Crippen molar-refractivity contribution in [2.75, 3.05) is 5.43 Å². The summed E-state index contributed by atoms with van der Waals surface area (Å²) in [5, 5.41) is 5.50. The molecule has 1 N–H and O–H groups in total. The highest BCUT2D eigenvalue weighted by atomic mass is 35.5. The van der Waals surface area contributed by atoms with Gasteiger partial charge in [-0.05, 0) is 36.4 Å². The van der Waals surface area contributed by atoms with E-state index in [1.54, 1.807) is 30.3 Å². The first kappa shape index (κ1) is 18.5. The van der Waals surface area contributed by atoms with Gasteiger partial charge < -0.3 is 0 Å². The number of rotatable bonds is 3. The van der Waals surface area contributed by atoms with Gasteiger partial charge >= 0.3 is 0 Å². The maximum atomic E-state index is 12.7. The van der Waals surface area contributed by atoms with Crippen molar-refractivity contribution in [1.82, 2.24) is 19.4 Å². The summed E-state index contributed by atoms with van der Waals surface area (Å²) in [7, 11) is 0. The summed E-state index contributed by atoms with van der Waals surface area (Å²) >= 11 is 17.9. The maximum Gasteiger partial charge on any atom is 0.283 e. The molecular formula is C18H10Cl3N5O2. The summed E-state index contributed by atoms with van der Waals surface area (Å²) < 4.78 is 2.45. The van der Waals surface area contributed by atoms with Crippen molar-refractivity contribution in [3.63, 3.8) is 0 Å². The molecule has 2 heterocycles. The molecule has 0 aliphatic carbocycles. The number of nitrogens with zero attached hydrogens (tertiary/aromatic N) is 4. The number of carbonyl (C=O) groups excluding carboxylic acids is 1. The van der Waals surface area contributed by atoms with Crippen LogP contribution >= 0.6 is 34.8 Å². The number of nitrogens with one attached hydrogen (secondary N) is 1. The lowest BCUT2D eigenvalue weighted by Gasteiger charge is -2.09. The number of halogens is 3. The number of amides is 1. The minimum atomic E-state index is -0.599. The van der Waals surface area contributed by atoms with Crippen molar-refractivity contribution in [3.05, 3.63) is 86.0 Å². The van der Waals surface area contributed by atoms with Crippen molar-refractivity contribution >= 4 is 51.7 Å². The monoisotopic (exact) mass is 433 g/mol. The van der Waals surface area contributed by atoms with E-state index in [-0.39, 0.29) is 16.0 Å². The molecule has 10 heteroatoms. The van der Waals surface area contributed by atoms with Crippen LogP contribution in [0.1, 0.15) is 10.4 Å². The van der Waals surface area contributed by atoms with Gasteiger partial charge in [-0.15, -0.1) is 0 Å². The van der Waals surface area contributed by atoms with Crippen LogP contribution in [0, 0.1) is 0 Å². The van der Waals surface area contributed by atoms with E-state index < -0.39 is 11.5 Å². The zero-order valence-corrected chi connectivity index (χ0v) is 16.2. The van der Waals surface area contributed by atoms with Crippen molar-refractivity contribution in [2.24, 2.45) is 0 Å². The van der Waals surface area contributed by atoms with Gasteiger partial charge in [-0.3, -0.25) is 15.0 Å². The topological polar surface area (TPSA) is 81.8 Å². The number of fused-ring (bicyclic) bond motifs is 1. The van der Waals surface area contributed by atoms with E-state index in [2.05, 4.69) is 15.5 Å². The SMILES string of the molecule is O=C(Nn1cnc2c(cnn2-c2cccc(Cl)c2)c1=O)c1cc(Cl)ccc1Cl. The first-order valence-corrected chi connectivity index (χ1v) is 9.05. The van der Waals surface area contributed by atoms with Crippen LogP contribution in [-0.4, -0.2) is 25.3 Å². The lowest BCUT2D eigenvalue weighted by Crippen LogP contribution is -2.33. The van der Waals surface area contributed by atoms with Gasteiger partial charge in [0.2, 0.25) is 0 Å². The minimum absolute atomic E-state index is 0.135. The third kappa shape index (κ3) is 3.35. The van der Waals surface area contributed by atoms with Gasteiger partial charge in [0.05, 0.1) is 22.5 Å². The maximum absolute atomic E-state index is 12.7. The average molecular weight is 435 g/mol. The fraction of sp³-hybridized carbons (Fsp3) is 0. The Labute approximate surface area is 173 Å².